The van der Waals surface area contributed by atoms with Gasteiger partial charge in [0.05, 0.1) is 0 Å². The summed E-state index contributed by atoms with van der Waals surface area (Å²) in [5.41, 5.74) is 2.50. The van der Waals surface area contributed by atoms with Crippen molar-refractivity contribution in [3.8, 4) is 0 Å². The fraction of sp³-hybridized carbons (Fsp3) is 1.00. The highest BCUT2D eigenvalue weighted by molar-refractivity contribution is 5.17. The van der Waals surface area contributed by atoms with Gasteiger partial charge in [-0.1, -0.05) is 198 Å². The molecule has 0 aromatic rings. The molecule has 0 aromatic heterocycles. The van der Waals surface area contributed by atoms with E-state index in [4.69, 9.17) is 0 Å². The zero-order chi connectivity index (χ0) is 68.6. The second-order valence-electron chi connectivity index (χ2n) is 47.4. The van der Waals surface area contributed by atoms with Crippen LogP contribution < -0.4 is 0 Å². The largest absolute Gasteiger partial charge is 0.294 e. The second-order valence-corrected chi connectivity index (χ2v) is 47.4. The molecule has 0 saturated heterocycles. The first kappa shape index (κ1) is 71.2. The van der Waals surface area contributed by atoms with Crippen molar-refractivity contribution in [2.45, 2.75) is 427 Å². The van der Waals surface area contributed by atoms with E-state index in [1.807, 2.05) is 0 Å². The summed E-state index contributed by atoms with van der Waals surface area (Å²) in [6.07, 6.45) is 78.3. The number of nitrogens with zero attached hydrogens (tertiary/aromatic N) is 2. The van der Waals surface area contributed by atoms with E-state index in [2.05, 4.69) is 79.0 Å². The number of hydrogen-bond donors (Lipinski definition) is 0. The van der Waals surface area contributed by atoms with E-state index in [0.29, 0.717) is 27.1 Å². The summed E-state index contributed by atoms with van der Waals surface area (Å²) in [5, 5.41) is 0. The first-order valence-electron chi connectivity index (χ1n) is 48.4. The van der Waals surface area contributed by atoms with Crippen LogP contribution in [0.4, 0.5) is 0 Å². The maximum absolute atomic E-state index is 3.62. The lowest BCUT2D eigenvalue weighted by atomic mass is 9.62. The lowest BCUT2D eigenvalue weighted by Gasteiger charge is -2.54. The van der Waals surface area contributed by atoms with E-state index in [0.717, 1.165) is 202 Å². The van der Waals surface area contributed by atoms with Crippen molar-refractivity contribution in [3.63, 3.8) is 0 Å². The monoisotopic (exact) mass is 1380 g/mol. The Morgan fingerprint density at radius 2 is 0.297 bits per heavy atom. The van der Waals surface area contributed by atoms with Crippen molar-refractivity contribution in [1.82, 2.24) is 9.80 Å². The molecule has 2 nitrogen and oxygen atoms in total. The number of rotatable bonds is 10. The smallest absolute Gasteiger partial charge is 0.0104 e. The highest BCUT2D eigenvalue weighted by Gasteiger charge is 2.67. The molecule has 19 aliphatic carbocycles. The van der Waals surface area contributed by atoms with Crippen molar-refractivity contribution in [1.29, 1.82) is 0 Å². The molecule has 570 valence electrons. The van der Waals surface area contributed by atoms with Crippen molar-refractivity contribution in [2.75, 3.05) is 0 Å². The second kappa shape index (κ2) is 27.7. The van der Waals surface area contributed by atoms with Gasteiger partial charge in [-0.3, -0.25) is 9.80 Å². The Bertz CT molecular complexity index is 2470. The van der Waals surface area contributed by atoms with Crippen LogP contribution in [-0.4, -0.2) is 46.1 Å². The summed E-state index contributed by atoms with van der Waals surface area (Å²) in [4.78, 5) is 7.24. The molecular weight excluding hydrogens is 1220 g/mol. The van der Waals surface area contributed by atoms with E-state index in [9.17, 15) is 0 Å². The molecule has 0 radical (unpaired) electrons. The summed E-state index contributed by atoms with van der Waals surface area (Å²) >= 11 is 0. The molecule has 0 amide bonds. The SMILES string of the molecule is CC1(C)C2CC(C3CCCCC3)CCC2C2CCC(N(C3CCC4C5CCC(C6CCCCC6)CC5C(C)(C)C4C3)C3CCC4C5CCC(N(C6CCC7C8CCC(C9CCCCC9)CC8C(C)(C)C7C6)C6CCC7C8CCC(C9CCCCC9)CC8C(C)(C)C7C6)CC5C(C)(C)C4C3)CC21. The third-order valence-corrected chi connectivity index (χ3v) is 43.1. The van der Waals surface area contributed by atoms with Crippen LogP contribution in [0, 0.1) is 193 Å². The summed E-state index contributed by atoms with van der Waals surface area (Å²) < 4.78 is 0. The Morgan fingerprint density at radius 1 is 0.149 bits per heavy atom. The number of hydrogen-bond acceptors (Lipinski definition) is 2. The maximum Gasteiger partial charge on any atom is 0.0104 e. The van der Waals surface area contributed by atoms with E-state index >= 15 is 0 Å². The van der Waals surface area contributed by atoms with E-state index in [-0.39, 0.29) is 0 Å². The van der Waals surface area contributed by atoms with Gasteiger partial charge in [-0.15, -0.1) is 0 Å². The molecule has 0 aliphatic heterocycles. The molecule has 2 heteroatoms. The predicted molar refractivity (Wildman–Crippen MR) is 424 cm³/mol. The average Bonchev–Trinajstić information content (AvgIpc) is 1.59. The third-order valence-electron chi connectivity index (χ3n) is 43.1. The maximum atomic E-state index is 3.62. The number of fused-ring (bicyclic) bond motifs is 15. The summed E-state index contributed by atoms with van der Waals surface area (Å²) in [7, 11) is 0. The van der Waals surface area contributed by atoms with Crippen LogP contribution in [0.2, 0.25) is 0 Å². The van der Waals surface area contributed by atoms with E-state index in [1.165, 1.54) is 77.0 Å². The van der Waals surface area contributed by atoms with Gasteiger partial charge in [-0.25, -0.2) is 0 Å². The Labute approximate surface area is 625 Å². The normalized spacial score (nSPS) is 51.7. The lowest BCUT2D eigenvalue weighted by molar-refractivity contribution is -0.0513. The van der Waals surface area contributed by atoms with Crippen molar-refractivity contribution in [3.05, 3.63) is 0 Å². The molecule has 19 aliphatic rings. The minimum absolute atomic E-state index is 0.445. The van der Waals surface area contributed by atoms with Gasteiger partial charge in [-0.05, 0) is 385 Å². The molecule has 0 bridgehead atoms. The lowest BCUT2D eigenvalue weighted by Crippen LogP contribution is -2.56. The quantitative estimate of drug-likeness (QED) is 0.215. The fourth-order valence-corrected chi connectivity index (χ4v) is 38.5. The van der Waals surface area contributed by atoms with Crippen molar-refractivity contribution < 1.29 is 0 Å². The zero-order valence-corrected chi connectivity index (χ0v) is 68.4. The molecule has 19 fully saturated rings. The van der Waals surface area contributed by atoms with Gasteiger partial charge in [0.1, 0.15) is 0 Å². The molecule has 101 heavy (non-hydrogen) atoms. The molecular formula is C99H164N2. The Morgan fingerprint density at radius 3 is 0.465 bits per heavy atom. The van der Waals surface area contributed by atoms with Gasteiger partial charge in [0, 0.05) is 36.3 Å². The standard InChI is InChI=1S/C99H164N2/c1-95(2)85-51-65(61-23-15-11-16-24-61)31-41-75(85)79-45-35-69(55-89(79)95)100(70-36-46-80-76-42-32-66(62-25-17-12-18-26-62)52-86(76)96(3,4)90(80)56-70)73-39-49-83-84-50-40-74(60-94(84)99(9,10)93(83)59-73)101(71-37-47-81-77-43-33-67(63-27-19-13-20-28-63)53-87(77)97(5,6)91(81)57-71)72-38-48-82-78-44-34-68(64-29-21-14-22-30-64)54-88(78)98(7,8)92(82)58-72/h61-94H,11-60H2,1-10H3. The van der Waals surface area contributed by atoms with Crippen LogP contribution in [0.25, 0.3) is 0 Å². The van der Waals surface area contributed by atoms with Gasteiger partial charge in [0.2, 0.25) is 0 Å². The van der Waals surface area contributed by atoms with Crippen LogP contribution in [-0.2, 0) is 0 Å². The summed E-state index contributed by atoms with van der Waals surface area (Å²) in [5.74, 6) is 28.4. The molecule has 0 N–H and O–H groups in total. The summed E-state index contributed by atoms with van der Waals surface area (Å²) in [6, 6.07) is 5.01. The van der Waals surface area contributed by atoms with Crippen LogP contribution >= 0.6 is 0 Å². The molecule has 19 rings (SSSR count). The molecule has 30 unspecified atom stereocenters. The molecule has 0 aromatic carbocycles. The highest BCUT2D eigenvalue weighted by atomic mass is 15.2. The van der Waals surface area contributed by atoms with E-state index in [1.54, 1.807) is 244 Å². The molecule has 0 heterocycles. The first-order valence-corrected chi connectivity index (χ1v) is 48.4. The molecule has 30 atom stereocenters. The molecule has 0 spiro atoms. The summed E-state index contributed by atoms with van der Waals surface area (Å²) in [6.45, 7) is 29.2. The van der Waals surface area contributed by atoms with Crippen LogP contribution in [0.15, 0.2) is 0 Å². The zero-order valence-electron chi connectivity index (χ0n) is 68.4. The van der Waals surface area contributed by atoms with Crippen LogP contribution in [0.1, 0.15) is 390 Å². The Kier molecular flexibility index (Phi) is 19.5. The van der Waals surface area contributed by atoms with Crippen LogP contribution in [0.5, 0.6) is 0 Å². The Balaban J connectivity index is 0.600. The third kappa shape index (κ3) is 12.1. The van der Waals surface area contributed by atoms with E-state index < -0.39 is 0 Å². The fourth-order valence-electron chi connectivity index (χ4n) is 38.5. The van der Waals surface area contributed by atoms with Crippen molar-refractivity contribution in [2.24, 2.45) is 193 Å². The van der Waals surface area contributed by atoms with Gasteiger partial charge < -0.3 is 0 Å². The highest BCUT2D eigenvalue weighted by Crippen LogP contribution is 2.73. The van der Waals surface area contributed by atoms with Gasteiger partial charge in [0.15, 0.2) is 0 Å². The minimum Gasteiger partial charge on any atom is -0.294 e. The van der Waals surface area contributed by atoms with Gasteiger partial charge >= 0.3 is 0 Å². The Hall–Kier alpha value is -0.0800. The van der Waals surface area contributed by atoms with Gasteiger partial charge in [0.25, 0.3) is 0 Å². The van der Waals surface area contributed by atoms with Gasteiger partial charge in [-0.2, -0.15) is 0 Å². The minimum atomic E-state index is 0.445. The molecule has 19 saturated carbocycles. The predicted octanol–water partition coefficient (Wildman–Crippen LogP) is 27.0. The topological polar surface area (TPSA) is 6.48 Å². The van der Waals surface area contributed by atoms with Crippen molar-refractivity contribution >= 4 is 0 Å². The van der Waals surface area contributed by atoms with Crippen LogP contribution in [0.3, 0.4) is 0 Å². The average molecular weight is 1380 g/mol. The first-order chi connectivity index (χ1) is 48.8.